The molecule has 132 valence electrons. The molecule has 2 aromatic carbocycles. The number of amides is 2. The molecule has 1 fully saturated rings. The van der Waals surface area contributed by atoms with Crippen molar-refractivity contribution in [2.45, 2.75) is 11.8 Å². The van der Waals surface area contributed by atoms with Crippen molar-refractivity contribution < 1.29 is 9.59 Å². The van der Waals surface area contributed by atoms with Gasteiger partial charge in [-0.3, -0.25) is 19.5 Å². The highest BCUT2D eigenvalue weighted by Gasteiger charge is 2.38. The predicted octanol–water partition coefficient (Wildman–Crippen LogP) is 3.48. The van der Waals surface area contributed by atoms with Crippen molar-refractivity contribution in [1.29, 1.82) is 0 Å². The summed E-state index contributed by atoms with van der Waals surface area (Å²) in [5, 5.41) is 2.67. The van der Waals surface area contributed by atoms with Gasteiger partial charge in [0.2, 0.25) is 5.91 Å². The molecule has 1 aliphatic heterocycles. The number of carbonyl (C=O) groups excluding carboxylic acids is 2. The van der Waals surface area contributed by atoms with Gasteiger partial charge in [-0.25, -0.2) is 0 Å². The van der Waals surface area contributed by atoms with Crippen LogP contribution >= 0.6 is 24.0 Å². The second-order valence-corrected chi connectivity index (χ2v) is 6.97. The van der Waals surface area contributed by atoms with E-state index < -0.39 is 17.7 Å². The fourth-order valence-corrected chi connectivity index (χ4v) is 3.39. The Morgan fingerprint density at radius 1 is 1.15 bits per heavy atom. The van der Waals surface area contributed by atoms with Crippen LogP contribution in [0.4, 0.5) is 11.4 Å². The highest BCUT2D eigenvalue weighted by Crippen LogP contribution is 2.28. The van der Waals surface area contributed by atoms with E-state index in [2.05, 4.69) is 10.3 Å². The Morgan fingerprint density at radius 2 is 1.85 bits per heavy atom. The molecule has 0 bridgehead atoms. The van der Waals surface area contributed by atoms with Crippen LogP contribution in [0, 0.1) is 12.8 Å². The second-order valence-electron chi connectivity index (χ2n) is 5.73. The maximum Gasteiger partial charge on any atom is 0.251 e. The number of nitrogens with zero attached hydrogens (tertiary/aromatic N) is 2. The Morgan fingerprint density at radius 3 is 2.54 bits per heavy atom. The first-order valence-electron chi connectivity index (χ1n) is 7.94. The molecule has 1 N–H and O–H groups in total. The van der Waals surface area contributed by atoms with Crippen LogP contribution in [-0.2, 0) is 9.59 Å². The SMILES string of the molecule is CSc1ccccc1N=C[C@H]1C(=O)NC(=S)N(c2ccc(C)cc2)C1=O. The Bertz CT molecular complexity index is 894. The minimum atomic E-state index is -1.03. The first kappa shape index (κ1) is 18.3. The van der Waals surface area contributed by atoms with Crippen molar-refractivity contribution >= 4 is 58.5 Å². The summed E-state index contributed by atoms with van der Waals surface area (Å²) in [7, 11) is 0. The van der Waals surface area contributed by atoms with Gasteiger partial charge in [-0.15, -0.1) is 11.8 Å². The number of thioether (sulfide) groups is 1. The number of aryl methyl sites for hydroxylation is 1. The highest BCUT2D eigenvalue weighted by molar-refractivity contribution is 7.98. The molecule has 0 saturated carbocycles. The Balaban J connectivity index is 1.90. The summed E-state index contributed by atoms with van der Waals surface area (Å²) in [6, 6.07) is 14.9. The lowest BCUT2D eigenvalue weighted by atomic mass is 10.1. The maximum atomic E-state index is 12.9. The lowest BCUT2D eigenvalue weighted by molar-refractivity contribution is -0.130. The number of hydrogen-bond donors (Lipinski definition) is 1. The van der Waals surface area contributed by atoms with E-state index in [1.54, 1.807) is 23.9 Å². The molecule has 2 aromatic rings. The summed E-state index contributed by atoms with van der Waals surface area (Å²) in [6.45, 7) is 1.96. The van der Waals surface area contributed by atoms with Gasteiger partial charge in [0, 0.05) is 11.1 Å². The second kappa shape index (κ2) is 7.80. The number of rotatable bonds is 4. The van der Waals surface area contributed by atoms with Crippen molar-refractivity contribution in [3.8, 4) is 0 Å². The topological polar surface area (TPSA) is 61.8 Å². The van der Waals surface area contributed by atoms with E-state index in [0.717, 1.165) is 16.1 Å². The van der Waals surface area contributed by atoms with E-state index in [9.17, 15) is 9.59 Å². The molecular formula is C19H17N3O2S2. The van der Waals surface area contributed by atoms with Gasteiger partial charge >= 0.3 is 0 Å². The van der Waals surface area contributed by atoms with Crippen LogP contribution in [0.5, 0.6) is 0 Å². The minimum Gasteiger partial charge on any atom is -0.301 e. The van der Waals surface area contributed by atoms with Crippen molar-refractivity contribution in [3.05, 3.63) is 54.1 Å². The monoisotopic (exact) mass is 383 g/mol. The first-order chi connectivity index (χ1) is 12.5. The third kappa shape index (κ3) is 3.68. The summed E-state index contributed by atoms with van der Waals surface area (Å²) in [6.07, 6.45) is 3.33. The molecule has 1 aliphatic rings. The summed E-state index contributed by atoms with van der Waals surface area (Å²) >= 11 is 6.74. The molecule has 1 heterocycles. The fourth-order valence-electron chi connectivity index (χ4n) is 2.55. The highest BCUT2D eigenvalue weighted by atomic mass is 32.2. The fraction of sp³-hybridized carbons (Fsp3) is 0.158. The molecule has 0 aromatic heterocycles. The van der Waals surface area contributed by atoms with Crippen LogP contribution in [0.1, 0.15) is 5.56 Å². The van der Waals surface area contributed by atoms with E-state index in [0.29, 0.717) is 5.69 Å². The number of aliphatic imine (C=N–C) groups is 1. The van der Waals surface area contributed by atoms with Crippen molar-refractivity contribution in [2.75, 3.05) is 11.2 Å². The Labute approximate surface area is 161 Å². The smallest absolute Gasteiger partial charge is 0.251 e. The van der Waals surface area contributed by atoms with Crippen molar-refractivity contribution in [3.63, 3.8) is 0 Å². The van der Waals surface area contributed by atoms with Gasteiger partial charge in [-0.1, -0.05) is 29.8 Å². The van der Waals surface area contributed by atoms with Gasteiger partial charge in [0.15, 0.2) is 11.0 Å². The maximum absolute atomic E-state index is 12.9. The molecule has 0 unspecified atom stereocenters. The third-order valence-corrected chi connectivity index (χ3v) is 5.01. The van der Waals surface area contributed by atoms with Crippen LogP contribution in [-0.4, -0.2) is 29.4 Å². The molecule has 7 heteroatoms. The normalized spacial score (nSPS) is 17.7. The average Bonchev–Trinajstić information content (AvgIpc) is 2.63. The number of thiocarbonyl (C=S) groups is 1. The molecule has 0 aliphatic carbocycles. The number of carbonyl (C=O) groups is 2. The molecule has 1 atom stereocenters. The van der Waals surface area contributed by atoms with Crippen LogP contribution in [0.3, 0.4) is 0 Å². The number of hydrogen-bond acceptors (Lipinski definition) is 5. The third-order valence-electron chi connectivity index (χ3n) is 3.94. The van der Waals surface area contributed by atoms with Crippen LogP contribution < -0.4 is 10.2 Å². The van der Waals surface area contributed by atoms with E-state index in [1.807, 2.05) is 49.6 Å². The largest absolute Gasteiger partial charge is 0.301 e. The minimum absolute atomic E-state index is 0.0815. The number of nitrogens with one attached hydrogen (secondary N) is 1. The molecule has 5 nitrogen and oxygen atoms in total. The van der Waals surface area contributed by atoms with E-state index in [1.165, 1.54) is 11.1 Å². The number of anilines is 1. The molecular weight excluding hydrogens is 366 g/mol. The lowest BCUT2D eigenvalue weighted by Crippen LogP contribution is -2.58. The van der Waals surface area contributed by atoms with Crippen LogP contribution in [0.15, 0.2) is 58.4 Å². The van der Waals surface area contributed by atoms with E-state index in [4.69, 9.17) is 12.2 Å². The van der Waals surface area contributed by atoms with Gasteiger partial charge < -0.3 is 5.32 Å². The predicted molar refractivity (Wildman–Crippen MR) is 109 cm³/mol. The van der Waals surface area contributed by atoms with Crippen molar-refractivity contribution in [2.24, 2.45) is 10.9 Å². The lowest BCUT2D eigenvalue weighted by Gasteiger charge is -2.31. The summed E-state index contributed by atoms with van der Waals surface area (Å²) in [4.78, 5) is 31.9. The summed E-state index contributed by atoms with van der Waals surface area (Å²) < 4.78 is 0. The Hall–Kier alpha value is -2.51. The zero-order valence-corrected chi connectivity index (χ0v) is 15.9. The standard InChI is InChI=1S/C19H17N3O2S2/c1-12-7-9-13(10-8-12)22-18(24)14(17(23)21-19(22)25)11-20-15-5-3-4-6-16(15)26-2/h3-11,14H,1-2H3,(H,21,23,25)/t14-/m0/s1. The molecule has 2 amide bonds. The zero-order valence-electron chi connectivity index (χ0n) is 14.3. The molecule has 0 radical (unpaired) electrons. The quantitative estimate of drug-likeness (QED) is 0.380. The van der Waals surface area contributed by atoms with Crippen LogP contribution in [0.25, 0.3) is 0 Å². The van der Waals surface area contributed by atoms with E-state index >= 15 is 0 Å². The summed E-state index contributed by atoms with van der Waals surface area (Å²) in [5.74, 6) is -1.90. The molecule has 0 spiro atoms. The van der Waals surface area contributed by atoms with Crippen molar-refractivity contribution in [1.82, 2.24) is 5.32 Å². The van der Waals surface area contributed by atoms with E-state index in [-0.39, 0.29) is 5.11 Å². The van der Waals surface area contributed by atoms with Gasteiger partial charge in [-0.05, 0) is 49.7 Å². The van der Waals surface area contributed by atoms with Gasteiger partial charge in [0.25, 0.3) is 5.91 Å². The zero-order chi connectivity index (χ0) is 18.7. The molecule has 26 heavy (non-hydrogen) atoms. The van der Waals surface area contributed by atoms with Gasteiger partial charge in [0.1, 0.15) is 0 Å². The first-order valence-corrected chi connectivity index (χ1v) is 9.57. The average molecular weight is 383 g/mol. The molecule has 1 saturated heterocycles. The van der Waals surface area contributed by atoms with Gasteiger partial charge in [-0.2, -0.15) is 0 Å². The van der Waals surface area contributed by atoms with Gasteiger partial charge in [0.05, 0.1) is 11.4 Å². The van der Waals surface area contributed by atoms with Crippen LogP contribution in [0.2, 0.25) is 0 Å². The summed E-state index contributed by atoms with van der Waals surface area (Å²) in [5.41, 5.74) is 2.41. The number of para-hydroxylation sites is 1. The molecule has 3 rings (SSSR count). The number of benzene rings is 2. The Kier molecular flexibility index (Phi) is 5.49.